The summed E-state index contributed by atoms with van der Waals surface area (Å²) in [6.45, 7) is 1.94. The highest BCUT2D eigenvalue weighted by atomic mass is 16.4. The molecule has 1 aromatic carbocycles. The Morgan fingerprint density at radius 1 is 1.21 bits per heavy atom. The highest BCUT2D eigenvalue weighted by Crippen LogP contribution is 2.31. The molecule has 0 bridgehead atoms. The summed E-state index contributed by atoms with van der Waals surface area (Å²) in [5.41, 5.74) is 1.06. The standard InChI is InChI=1S/C15H19NO3/c1-10(11-5-3-2-4-6-11)16-14(17)12-7-8-13(9-12)15(18)19/h2-6,10,12-13H,7-9H2,1H3,(H,16,17)(H,18,19)/t10?,12-,13+/m1/s1. The molecule has 1 unspecified atom stereocenters. The van der Waals surface area contributed by atoms with Crippen molar-refractivity contribution in [2.24, 2.45) is 11.8 Å². The molecule has 0 saturated heterocycles. The van der Waals surface area contributed by atoms with E-state index in [-0.39, 0.29) is 23.8 Å². The van der Waals surface area contributed by atoms with Crippen molar-refractivity contribution in [3.63, 3.8) is 0 Å². The molecule has 1 fully saturated rings. The van der Waals surface area contributed by atoms with Crippen LogP contribution in [-0.2, 0) is 9.59 Å². The molecule has 1 amide bonds. The number of benzene rings is 1. The summed E-state index contributed by atoms with van der Waals surface area (Å²) in [4.78, 5) is 23.0. The van der Waals surface area contributed by atoms with E-state index in [9.17, 15) is 9.59 Å². The Labute approximate surface area is 112 Å². The van der Waals surface area contributed by atoms with E-state index < -0.39 is 5.97 Å². The van der Waals surface area contributed by atoms with Gasteiger partial charge in [0.1, 0.15) is 0 Å². The largest absolute Gasteiger partial charge is 0.481 e. The maximum Gasteiger partial charge on any atom is 0.306 e. The summed E-state index contributed by atoms with van der Waals surface area (Å²) in [7, 11) is 0. The zero-order valence-electron chi connectivity index (χ0n) is 11.0. The average molecular weight is 261 g/mol. The van der Waals surface area contributed by atoms with E-state index in [1.807, 2.05) is 37.3 Å². The average Bonchev–Trinajstić information content (AvgIpc) is 2.89. The summed E-state index contributed by atoms with van der Waals surface area (Å²) in [6, 6.07) is 9.71. The molecule has 0 radical (unpaired) electrons. The Hall–Kier alpha value is -1.84. The number of carboxylic acid groups (broad SMARTS) is 1. The van der Waals surface area contributed by atoms with Gasteiger partial charge < -0.3 is 10.4 Å². The summed E-state index contributed by atoms with van der Waals surface area (Å²) >= 11 is 0. The molecule has 1 saturated carbocycles. The first-order chi connectivity index (χ1) is 9.08. The van der Waals surface area contributed by atoms with Crippen LogP contribution < -0.4 is 5.32 Å². The van der Waals surface area contributed by atoms with Crippen molar-refractivity contribution in [1.29, 1.82) is 0 Å². The molecule has 1 aromatic rings. The predicted octanol–water partition coefficient (Wildman–Crippen LogP) is 2.36. The van der Waals surface area contributed by atoms with Gasteiger partial charge in [-0.25, -0.2) is 0 Å². The summed E-state index contributed by atoms with van der Waals surface area (Å²) in [5, 5.41) is 11.9. The minimum Gasteiger partial charge on any atom is -0.481 e. The molecule has 1 aliphatic carbocycles. The normalized spacial score (nSPS) is 23.8. The van der Waals surface area contributed by atoms with Gasteiger partial charge in [-0.15, -0.1) is 0 Å². The van der Waals surface area contributed by atoms with Crippen LogP contribution in [0, 0.1) is 11.8 Å². The molecule has 102 valence electrons. The number of amides is 1. The number of hydrogen-bond donors (Lipinski definition) is 2. The Kier molecular flexibility index (Phi) is 4.20. The number of rotatable bonds is 4. The lowest BCUT2D eigenvalue weighted by molar-refractivity contribution is -0.141. The number of carbonyl (C=O) groups is 2. The minimum atomic E-state index is -0.786. The van der Waals surface area contributed by atoms with Crippen LogP contribution in [0.2, 0.25) is 0 Å². The molecular weight excluding hydrogens is 242 g/mol. The van der Waals surface area contributed by atoms with Gasteiger partial charge in [-0.05, 0) is 31.7 Å². The first kappa shape index (κ1) is 13.6. The van der Waals surface area contributed by atoms with Crippen molar-refractivity contribution in [1.82, 2.24) is 5.32 Å². The first-order valence-corrected chi connectivity index (χ1v) is 6.66. The maximum absolute atomic E-state index is 12.1. The number of hydrogen-bond acceptors (Lipinski definition) is 2. The Morgan fingerprint density at radius 2 is 1.84 bits per heavy atom. The van der Waals surface area contributed by atoms with Crippen molar-refractivity contribution < 1.29 is 14.7 Å². The topological polar surface area (TPSA) is 66.4 Å². The van der Waals surface area contributed by atoms with Gasteiger partial charge in [0.15, 0.2) is 0 Å². The van der Waals surface area contributed by atoms with Crippen molar-refractivity contribution in [2.45, 2.75) is 32.2 Å². The number of aliphatic carboxylic acids is 1. The van der Waals surface area contributed by atoms with Crippen LogP contribution in [0.25, 0.3) is 0 Å². The van der Waals surface area contributed by atoms with Gasteiger partial charge in [-0.3, -0.25) is 9.59 Å². The molecule has 4 heteroatoms. The second-order valence-electron chi connectivity index (χ2n) is 5.19. The third-order valence-electron chi connectivity index (χ3n) is 3.81. The second-order valence-corrected chi connectivity index (χ2v) is 5.19. The van der Waals surface area contributed by atoms with Crippen molar-refractivity contribution in [2.75, 3.05) is 0 Å². The van der Waals surface area contributed by atoms with E-state index >= 15 is 0 Å². The summed E-state index contributed by atoms with van der Waals surface area (Å²) in [6.07, 6.45) is 1.74. The SMILES string of the molecule is CC(NC(=O)[C@@H]1CC[C@H](C(=O)O)C1)c1ccccc1. The highest BCUT2D eigenvalue weighted by Gasteiger charge is 2.34. The van der Waals surface area contributed by atoms with E-state index in [1.54, 1.807) is 0 Å². The lowest BCUT2D eigenvalue weighted by atomic mass is 10.0. The Balaban J connectivity index is 1.90. The lowest BCUT2D eigenvalue weighted by Gasteiger charge is -2.17. The quantitative estimate of drug-likeness (QED) is 0.874. The van der Waals surface area contributed by atoms with E-state index in [0.717, 1.165) is 5.56 Å². The van der Waals surface area contributed by atoms with Crippen molar-refractivity contribution in [3.05, 3.63) is 35.9 Å². The fourth-order valence-corrected chi connectivity index (χ4v) is 2.60. The Morgan fingerprint density at radius 3 is 2.42 bits per heavy atom. The van der Waals surface area contributed by atoms with Crippen molar-refractivity contribution in [3.8, 4) is 0 Å². The molecule has 3 atom stereocenters. The molecule has 2 rings (SSSR count). The molecule has 19 heavy (non-hydrogen) atoms. The first-order valence-electron chi connectivity index (χ1n) is 6.66. The van der Waals surface area contributed by atoms with Crippen molar-refractivity contribution >= 4 is 11.9 Å². The monoisotopic (exact) mass is 261 g/mol. The van der Waals surface area contributed by atoms with Crippen LogP contribution in [0.3, 0.4) is 0 Å². The van der Waals surface area contributed by atoms with Gasteiger partial charge in [-0.2, -0.15) is 0 Å². The smallest absolute Gasteiger partial charge is 0.306 e. The van der Waals surface area contributed by atoms with E-state index in [4.69, 9.17) is 5.11 Å². The fraction of sp³-hybridized carbons (Fsp3) is 0.467. The number of carbonyl (C=O) groups excluding carboxylic acids is 1. The van der Waals surface area contributed by atoms with E-state index in [2.05, 4.69) is 5.32 Å². The number of nitrogens with one attached hydrogen (secondary N) is 1. The van der Waals surface area contributed by atoms with Gasteiger partial charge >= 0.3 is 5.97 Å². The molecule has 4 nitrogen and oxygen atoms in total. The van der Waals surface area contributed by atoms with Crippen LogP contribution in [0.15, 0.2) is 30.3 Å². The molecule has 0 heterocycles. The van der Waals surface area contributed by atoms with Gasteiger partial charge in [0.05, 0.1) is 12.0 Å². The Bertz CT molecular complexity index is 458. The van der Waals surface area contributed by atoms with Gasteiger partial charge in [-0.1, -0.05) is 30.3 Å². The lowest BCUT2D eigenvalue weighted by Crippen LogP contribution is -2.32. The zero-order chi connectivity index (χ0) is 13.8. The molecule has 0 spiro atoms. The molecule has 0 aliphatic heterocycles. The summed E-state index contributed by atoms with van der Waals surface area (Å²) < 4.78 is 0. The van der Waals surface area contributed by atoms with E-state index in [0.29, 0.717) is 19.3 Å². The minimum absolute atomic E-state index is 0.0277. The van der Waals surface area contributed by atoms with Crippen LogP contribution in [-0.4, -0.2) is 17.0 Å². The molecule has 1 aliphatic rings. The second kappa shape index (κ2) is 5.87. The molecule has 0 aromatic heterocycles. The van der Waals surface area contributed by atoms with Gasteiger partial charge in [0.25, 0.3) is 0 Å². The zero-order valence-corrected chi connectivity index (χ0v) is 11.0. The van der Waals surface area contributed by atoms with Gasteiger partial charge in [0.2, 0.25) is 5.91 Å². The fourth-order valence-electron chi connectivity index (χ4n) is 2.60. The highest BCUT2D eigenvalue weighted by molar-refractivity contribution is 5.81. The van der Waals surface area contributed by atoms with E-state index in [1.165, 1.54) is 0 Å². The third-order valence-corrected chi connectivity index (χ3v) is 3.81. The van der Waals surface area contributed by atoms with Crippen LogP contribution in [0.5, 0.6) is 0 Å². The van der Waals surface area contributed by atoms with Crippen LogP contribution >= 0.6 is 0 Å². The maximum atomic E-state index is 12.1. The van der Waals surface area contributed by atoms with Crippen LogP contribution in [0.4, 0.5) is 0 Å². The predicted molar refractivity (Wildman–Crippen MR) is 71.5 cm³/mol. The van der Waals surface area contributed by atoms with Gasteiger partial charge in [0, 0.05) is 5.92 Å². The number of carboxylic acids is 1. The molecular formula is C15H19NO3. The molecule has 2 N–H and O–H groups in total. The summed E-state index contributed by atoms with van der Waals surface area (Å²) in [5.74, 6) is -1.33. The van der Waals surface area contributed by atoms with Crippen LogP contribution in [0.1, 0.15) is 37.8 Å². The third kappa shape index (κ3) is 3.34.